The zero-order valence-corrected chi connectivity index (χ0v) is 18.6. The highest BCUT2D eigenvalue weighted by Gasteiger charge is 2.20. The van der Waals surface area contributed by atoms with Crippen molar-refractivity contribution in [2.45, 2.75) is 6.92 Å². The van der Waals surface area contributed by atoms with Gasteiger partial charge in [0.2, 0.25) is 0 Å². The summed E-state index contributed by atoms with van der Waals surface area (Å²) in [5.74, 6) is 0.339. The minimum absolute atomic E-state index is 0.227. The second-order valence-corrected chi connectivity index (χ2v) is 7.82. The maximum absolute atomic E-state index is 12.8. The molecule has 0 saturated carbocycles. The number of anilines is 2. The number of piperazine rings is 1. The van der Waals surface area contributed by atoms with Gasteiger partial charge >= 0.3 is 0 Å². The average Bonchev–Trinajstić information content (AvgIpc) is 3.20. The van der Waals surface area contributed by atoms with Crippen LogP contribution in [0, 0.1) is 12.3 Å². The van der Waals surface area contributed by atoms with Gasteiger partial charge in [0.25, 0.3) is 11.8 Å². The molecule has 10 nitrogen and oxygen atoms in total. The molecule has 1 fully saturated rings. The summed E-state index contributed by atoms with van der Waals surface area (Å²) in [5.41, 5.74) is 2.38. The molecule has 10 heteroatoms. The summed E-state index contributed by atoms with van der Waals surface area (Å²) in [6, 6.07) is 10.4. The summed E-state index contributed by atoms with van der Waals surface area (Å²) in [4.78, 5) is 31.8. The summed E-state index contributed by atoms with van der Waals surface area (Å²) in [6.07, 6.45) is 3.06. The lowest BCUT2D eigenvalue weighted by molar-refractivity contribution is 0.102. The molecule has 170 valence electrons. The molecule has 4 N–H and O–H groups in total. The summed E-state index contributed by atoms with van der Waals surface area (Å²) in [7, 11) is 1.65. The molecule has 2 amide bonds. The van der Waals surface area contributed by atoms with E-state index in [0.717, 1.165) is 37.3 Å². The van der Waals surface area contributed by atoms with Gasteiger partial charge < -0.3 is 20.9 Å². The van der Waals surface area contributed by atoms with Gasteiger partial charge in [-0.3, -0.25) is 19.7 Å². The van der Waals surface area contributed by atoms with Crippen molar-refractivity contribution >= 4 is 29.3 Å². The third-order valence-corrected chi connectivity index (χ3v) is 5.42. The van der Waals surface area contributed by atoms with Gasteiger partial charge in [0.1, 0.15) is 23.0 Å². The van der Waals surface area contributed by atoms with Crippen LogP contribution in [0.15, 0.2) is 48.8 Å². The summed E-state index contributed by atoms with van der Waals surface area (Å²) in [6.45, 7) is 5.18. The van der Waals surface area contributed by atoms with Crippen LogP contribution in [0.2, 0.25) is 0 Å². The Morgan fingerprint density at radius 1 is 0.970 bits per heavy atom. The van der Waals surface area contributed by atoms with E-state index in [4.69, 9.17) is 5.41 Å². The number of carbonyl (C=O) groups is 2. The second-order valence-electron chi connectivity index (χ2n) is 7.82. The number of nitrogens with zero attached hydrogens (tertiary/aromatic N) is 4. The Bertz CT molecular complexity index is 1160. The monoisotopic (exact) mass is 446 g/mol. The fourth-order valence-corrected chi connectivity index (χ4v) is 3.51. The highest BCUT2D eigenvalue weighted by atomic mass is 16.2. The Hall–Kier alpha value is -4.05. The molecule has 2 aromatic heterocycles. The van der Waals surface area contributed by atoms with Gasteiger partial charge in [-0.1, -0.05) is 18.2 Å². The first-order valence-corrected chi connectivity index (χ1v) is 10.6. The van der Waals surface area contributed by atoms with Crippen LogP contribution in [0.1, 0.15) is 31.8 Å². The van der Waals surface area contributed by atoms with Gasteiger partial charge in [0.05, 0.1) is 6.20 Å². The fourth-order valence-electron chi connectivity index (χ4n) is 3.51. The van der Waals surface area contributed by atoms with Crippen LogP contribution >= 0.6 is 0 Å². The first-order valence-electron chi connectivity index (χ1n) is 10.6. The SMILES string of the molecule is Cc1ccc(NC(=O)c2cnn(C)c2NC(=O)c2ccc(C(=N)N3CCNCC3)cc2)nc1. The number of hydrogen-bond acceptors (Lipinski definition) is 6. The van der Waals surface area contributed by atoms with Crippen molar-refractivity contribution in [3.8, 4) is 0 Å². The first-order chi connectivity index (χ1) is 15.9. The highest BCUT2D eigenvalue weighted by Crippen LogP contribution is 2.18. The molecule has 1 aromatic carbocycles. The minimum Gasteiger partial charge on any atom is -0.354 e. The van der Waals surface area contributed by atoms with Crippen LogP contribution in [0.5, 0.6) is 0 Å². The van der Waals surface area contributed by atoms with Crippen molar-refractivity contribution in [3.63, 3.8) is 0 Å². The number of amides is 2. The molecule has 0 atom stereocenters. The Balaban J connectivity index is 1.45. The quantitative estimate of drug-likeness (QED) is 0.350. The van der Waals surface area contributed by atoms with Crippen molar-refractivity contribution in [3.05, 3.63) is 71.0 Å². The number of pyridine rings is 1. The van der Waals surface area contributed by atoms with Crippen molar-refractivity contribution in [2.75, 3.05) is 36.8 Å². The van der Waals surface area contributed by atoms with E-state index >= 15 is 0 Å². The molecule has 0 spiro atoms. The number of carbonyl (C=O) groups excluding carboxylic acids is 2. The number of nitrogens with one attached hydrogen (secondary N) is 4. The van der Waals surface area contributed by atoms with Crippen LogP contribution < -0.4 is 16.0 Å². The molecule has 1 aliphatic rings. The molecule has 4 rings (SSSR count). The topological polar surface area (TPSA) is 128 Å². The highest BCUT2D eigenvalue weighted by molar-refractivity contribution is 6.11. The third kappa shape index (κ3) is 5.07. The van der Waals surface area contributed by atoms with Crippen LogP contribution in [-0.4, -0.2) is 63.5 Å². The van der Waals surface area contributed by atoms with E-state index in [9.17, 15) is 9.59 Å². The van der Waals surface area contributed by atoms with Crippen LogP contribution in [0.3, 0.4) is 0 Å². The van der Waals surface area contributed by atoms with E-state index < -0.39 is 5.91 Å². The van der Waals surface area contributed by atoms with Gasteiger partial charge in [-0.05, 0) is 30.7 Å². The second kappa shape index (κ2) is 9.61. The maximum atomic E-state index is 12.8. The smallest absolute Gasteiger partial charge is 0.262 e. The van der Waals surface area contributed by atoms with Crippen molar-refractivity contribution in [1.82, 2.24) is 25.0 Å². The maximum Gasteiger partial charge on any atom is 0.262 e. The van der Waals surface area contributed by atoms with E-state index in [1.54, 1.807) is 43.6 Å². The zero-order chi connectivity index (χ0) is 23.4. The predicted molar refractivity (Wildman–Crippen MR) is 126 cm³/mol. The molecule has 1 aliphatic heterocycles. The largest absolute Gasteiger partial charge is 0.354 e. The Labute approximate surface area is 191 Å². The molecule has 0 radical (unpaired) electrons. The first kappa shape index (κ1) is 22.2. The van der Waals surface area contributed by atoms with Crippen LogP contribution in [0.25, 0.3) is 0 Å². The lowest BCUT2D eigenvalue weighted by atomic mass is 10.1. The van der Waals surface area contributed by atoms with Crippen molar-refractivity contribution < 1.29 is 9.59 Å². The predicted octanol–water partition coefficient (Wildman–Crippen LogP) is 1.86. The number of hydrogen-bond donors (Lipinski definition) is 4. The number of amidine groups is 1. The number of rotatable bonds is 5. The van der Waals surface area contributed by atoms with Gasteiger partial charge in [-0.25, -0.2) is 4.98 Å². The van der Waals surface area contributed by atoms with Crippen LogP contribution in [0.4, 0.5) is 11.6 Å². The third-order valence-electron chi connectivity index (χ3n) is 5.42. The van der Waals surface area contributed by atoms with Gasteiger partial charge in [-0.2, -0.15) is 5.10 Å². The van der Waals surface area contributed by atoms with E-state index in [2.05, 4.69) is 26.0 Å². The summed E-state index contributed by atoms with van der Waals surface area (Å²) >= 11 is 0. The zero-order valence-electron chi connectivity index (χ0n) is 18.6. The molecule has 1 saturated heterocycles. The molecule has 0 unspecified atom stereocenters. The summed E-state index contributed by atoms with van der Waals surface area (Å²) < 4.78 is 1.43. The van der Waals surface area contributed by atoms with E-state index in [1.165, 1.54) is 10.9 Å². The standard InChI is InChI=1S/C23H26N8O2/c1-15-3-8-19(26-13-15)28-23(33)18-14-27-30(2)21(18)29-22(32)17-6-4-16(5-7-17)20(24)31-11-9-25-10-12-31/h3-8,13-14,24-25H,9-12H2,1-2H3,(H,29,32)(H,26,28,33). The Kier molecular flexibility index (Phi) is 6.45. The Morgan fingerprint density at radius 3 is 2.33 bits per heavy atom. The molecular weight excluding hydrogens is 420 g/mol. The lowest BCUT2D eigenvalue weighted by Gasteiger charge is -2.29. The molecule has 3 aromatic rings. The molecule has 0 bridgehead atoms. The molecular formula is C23H26N8O2. The normalized spacial score (nSPS) is 13.5. The molecule has 33 heavy (non-hydrogen) atoms. The van der Waals surface area contributed by atoms with Crippen LogP contribution in [-0.2, 0) is 7.05 Å². The lowest BCUT2D eigenvalue weighted by Crippen LogP contribution is -2.46. The Morgan fingerprint density at radius 2 is 1.67 bits per heavy atom. The molecule has 0 aliphatic carbocycles. The van der Waals surface area contributed by atoms with Crippen molar-refractivity contribution in [2.24, 2.45) is 7.05 Å². The van der Waals surface area contributed by atoms with Gasteiger partial charge in [0.15, 0.2) is 0 Å². The number of benzene rings is 1. The van der Waals surface area contributed by atoms with Crippen molar-refractivity contribution in [1.29, 1.82) is 5.41 Å². The number of aromatic nitrogens is 3. The molecule has 3 heterocycles. The fraction of sp³-hybridized carbons (Fsp3) is 0.261. The van der Waals surface area contributed by atoms with E-state index in [1.807, 2.05) is 17.9 Å². The minimum atomic E-state index is -0.422. The van der Waals surface area contributed by atoms with E-state index in [0.29, 0.717) is 17.2 Å². The van der Waals surface area contributed by atoms with Gasteiger partial charge in [0, 0.05) is 50.6 Å². The summed E-state index contributed by atoms with van der Waals surface area (Å²) in [5, 5.41) is 21.3. The average molecular weight is 447 g/mol. The van der Waals surface area contributed by atoms with E-state index in [-0.39, 0.29) is 17.3 Å². The van der Waals surface area contributed by atoms with Gasteiger partial charge in [-0.15, -0.1) is 0 Å². The number of aryl methyl sites for hydroxylation is 2.